The van der Waals surface area contributed by atoms with Gasteiger partial charge in [-0.2, -0.15) is 4.31 Å². The summed E-state index contributed by atoms with van der Waals surface area (Å²) in [4.78, 5) is 0.348. The molecular weight excluding hydrogens is 318 g/mol. The highest BCUT2D eigenvalue weighted by molar-refractivity contribution is 7.89. The molecule has 0 aromatic heterocycles. The van der Waals surface area contributed by atoms with Crippen molar-refractivity contribution < 1.29 is 8.42 Å². The van der Waals surface area contributed by atoms with Gasteiger partial charge in [0.15, 0.2) is 0 Å². The molecule has 0 saturated heterocycles. The van der Waals surface area contributed by atoms with E-state index in [4.69, 9.17) is 0 Å². The van der Waals surface area contributed by atoms with Crippen LogP contribution in [-0.4, -0.2) is 25.8 Å². The Hall–Kier alpha value is -2.35. The number of rotatable bonds is 2. The molecule has 0 atom stereocenters. The molecule has 0 amide bonds. The van der Waals surface area contributed by atoms with Crippen molar-refractivity contribution in [1.82, 2.24) is 4.31 Å². The van der Waals surface area contributed by atoms with Crippen molar-refractivity contribution in [3.8, 4) is 11.8 Å². The Labute approximate surface area is 143 Å². The van der Waals surface area contributed by atoms with E-state index in [-0.39, 0.29) is 0 Å². The lowest BCUT2D eigenvalue weighted by Gasteiger charge is -2.24. The van der Waals surface area contributed by atoms with Gasteiger partial charge in [0.05, 0.1) is 4.90 Å². The predicted octanol–water partition coefficient (Wildman–Crippen LogP) is 3.37. The molecule has 3 rings (SSSR count). The fourth-order valence-corrected chi connectivity index (χ4v) is 3.90. The first kappa shape index (κ1) is 16.5. The molecule has 1 aliphatic rings. The van der Waals surface area contributed by atoms with Crippen molar-refractivity contribution in [2.24, 2.45) is 0 Å². The highest BCUT2D eigenvalue weighted by Gasteiger charge is 2.25. The van der Waals surface area contributed by atoms with Crippen molar-refractivity contribution in [3.63, 3.8) is 0 Å². The normalized spacial score (nSPS) is 15.3. The zero-order valence-corrected chi connectivity index (χ0v) is 14.4. The Morgan fingerprint density at radius 2 is 1.67 bits per heavy atom. The zero-order valence-electron chi connectivity index (χ0n) is 13.6. The Bertz CT molecular complexity index is 902. The first-order valence-corrected chi connectivity index (χ1v) is 9.33. The number of aryl methyl sites for hydroxylation is 1. The van der Waals surface area contributed by atoms with Crippen LogP contribution in [0, 0.1) is 18.8 Å². The standard InChI is InChI=1S/C20H19NO2S/c1-17-7-11-20(12-8-17)24(22,23)21-15-13-19(14-16-21)10-9-18-5-3-2-4-6-18/h2-8,11-13H,14-16H2,1H3. The zero-order chi connectivity index (χ0) is 17.0. The molecule has 24 heavy (non-hydrogen) atoms. The van der Waals surface area contributed by atoms with Crippen molar-refractivity contribution in [2.45, 2.75) is 18.2 Å². The minimum atomic E-state index is -3.43. The smallest absolute Gasteiger partial charge is 0.207 e. The van der Waals surface area contributed by atoms with E-state index in [1.54, 1.807) is 12.1 Å². The molecule has 2 aromatic rings. The van der Waals surface area contributed by atoms with Crippen LogP contribution in [0.4, 0.5) is 0 Å². The minimum absolute atomic E-state index is 0.348. The summed E-state index contributed by atoms with van der Waals surface area (Å²) in [7, 11) is -3.43. The topological polar surface area (TPSA) is 37.4 Å². The van der Waals surface area contributed by atoms with Crippen LogP contribution in [0.25, 0.3) is 0 Å². The van der Waals surface area contributed by atoms with Crippen LogP contribution < -0.4 is 0 Å². The lowest BCUT2D eigenvalue weighted by atomic mass is 10.1. The second-order valence-corrected chi connectivity index (χ2v) is 7.71. The van der Waals surface area contributed by atoms with Crippen LogP contribution in [0.1, 0.15) is 17.5 Å². The predicted molar refractivity (Wildman–Crippen MR) is 96.0 cm³/mol. The van der Waals surface area contributed by atoms with Gasteiger partial charge in [0.1, 0.15) is 0 Å². The maximum atomic E-state index is 12.6. The van der Waals surface area contributed by atoms with Crippen molar-refractivity contribution >= 4 is 10.0 Å². The third-order valence-corrected chi connectivity index (χ3v) is 5.85. The largest absolute Gasteiger partial charge is 0.243 e. The van der Waals surface area contributed by atoms with Crippen LogP contribution in [-0.2, 0) is 10.0 Å². The molecule has 0 spiro atoms. The number of hydrogen-bond acceptors (Lipinski definition) is 2. The molecule has 1 aliphatic heterocycles. The van der Waals surface area contributed by atoms with E-state index in [0.29, 0.717) is 24.4 Å². The second-order valence-electron chi connectivity index (χ2n) is 5.77. The van der Waals surface area contributed by atoms with Crippen LogP contribution in [0.5, 0.6) is 0 Å². The molecule has 0 bridgehead atoms. The fraction of sp³-hybridized carbons (Fsp3) is 0.200. The summed E-state index contributed by atoms with van der Waals surface area (Å²) in [5.41, 5.74) is 3.01. The van der Waals surface area contributed by atoms with Crippen molar-refractivity contribution in [3.05, 3.63) is 77.4 Å². The van der Waals surface area contributed by atoms with Gasteiger partial charge in [0.2, 0.25) is 10.0 Å². The molecule has 0 unspecified atom stereocenters. The Morgan fingerprint density at radius 1 is 0.958 bits per heavy atom. The van der Waals surface area contributed by atoms with E-state index in [2.05, 4.69) is 11.8 Å². The molecule has 2 aromatic carbocycles. The van der Waals surface area contributed by atoms with Crippen LogP contribution in [0.15, 0.2) is 71.1 Å². The first-order chi connectivity index (χ1) is 11.6. The Balaban J connectivity index is 1.73. The van der Waals surface area contributed by atoms with Gasteiger partial charge in [0.25, 0.3) is 0 Å². The van der Waals surface area contributed by atoms with Gasteiger partial charge in [-0.25, -0.2) is 8.42 Å². The lowest BCUT2D eigenvalue weighted by molar-refractivity contribution is 0.434. The highest BCUT2D eigenvalue weighted by Crippen LogP contribution is 2.20. The molecule has 0 aliphatic carbocycles. The molecule has 0 radical (unpaired) electrons. The summed E-state index contributed by atoms with van der Waals surface area (Å²) in [6.07, 6.45) is 2.55. The monoisotopic (exact) mass is 337 g/mol. The summed E-state index contributed by atoms with van der Waals surface area (Å²) in [5, 5.41) is 0. The quantitative estimate of drug-likeness (QED) is 0.788. The van der Waals surface area contributed by atoms with Crippen LogP contribution in [0.3, 0.4) is 0 Å². The maximum absolute atomic E-state index is 12.6. The van der Waals surface area contributed by atoms with E-state index in [1.807, 2.05) is 55.5 Å². The first-order valence-electron chi connectivity index (χ1n) is 7.89. The summed E-state index contributed by atoms with van der Waals surface area (Å²) >= 11 is 0. The van der Waals surface area contributed by atoms with E-state index >= 15 is 0 Å². The molecule has 3 nitrogen and oxygen atoms in total. The van der Waals surface area contributed by atoms with E-state index < -0.39 is 10.0 Å². The number of hydrogen-bond donors (Lipinski definition) is 0. The molecule has 0 fully saturated rings. The SMILES string of the molecule is Cc1ccc(S(=O)(=O)N2CC=C(C#Cc3ccccc3)CC2)cc1. The van der Waals surface area contributed by atoms with Crippen molar-refractivity contribution in [1.29, 1.82) is 0 Å². The minimum Gasteiger partial charge on any atom is -0.207 e. The van der Waals surface area contributed by atoms with Gasteiger partial charge in [-0.3, -0.25) is 0 Å². The molecule has 4 heteroatoms. The van der Waals surface area contributed by atoms with Gasteiger partial charge in [-0.15, -0.1) is 0 Å². The number of nitrogens with zero attached hydrogens (tertiary/aromatic N) is 1. The molecule has 0 N–H and O–H groups in total. The summed E-state index contributed by atoms with van der Waals surface area (Å²) < 4.78 is 26.8. The molecule has 0 saturated carbocycles. The maximum Gasteiger partial charge on any atom is 0.243 e. The van der Waals surface area contributed by atoms with Gasteiger partial charge in [-0.1, -0.05) is 53.8 Å². The third kappa shape index (κ3) is 3.76. The Kier molecular flexibility index (Phi) is 4.84. The Morgan fingerprint density at radius 3 is 2.29 bits per heavy atom. The average molecular weight is 337 g/mol. The molecular formula is C20H19NO2S. The van der Waals surface area contributed by atoms with Gasteiger partial charge >= 0.3 is 0 Å². The number of sulfonamides is 1. The van der Waals surface area contributed by atoms with E-state index in [1.165, 1.54) is 4.31 Å². The van der Waals surface area contributed by atoms with Crippen molar-refractivity contribution in [2.75, 3.05) is 13.1 Å². The average Bonchev–Trinajstić information content (AvgIpc) is 2.61. The van der Waals surface area contributed by atoms with E-state index in [9.17, 15) is 8.42 Å². The summed E-state index contributed by atoms with van der Waals surface area (Å²) in [6, 6.07) is 16.8. The van der Waals surface area contributed by atoms with Gasteiger partial charge in [0, 0.05) is 24.2 Å². The highest BCUT2D eigenvalue weighted by atomic mass is 32.2. The summed E-state index contributed by atoms with van der Waals surface area (Å²) in [5.74, 6) is 6.27. The number of benzene rings is 2. The molecule has 122 valence electrons. The molecule has 1 heterocycles. The van der Waals surface area contributed by atoms with E-state index in [0.717, 1.165) is 16.7 Å². The second kappa shape index (κ2) is 7.04. The van der Waals surface area contributed by atoms with Gasteiger partial charge in [-0.05, 0) is 37.6 Å². The lowest BCUT2D eigenvalue weighted by Crippen LogP contribution is -2.34. The summed E-state index contributed by atoms with van der Waals surface area (Å²) in [6.45, 7) is 2.78. The van der Waals surface area contributed by atoms with Gasteiger partial charge < -0.3 is 0 Å². The van der Waals surface area contributed by atoms with Crippen LogP contribution >= 0.6 is 0 Å². The van der Waals surface area contributed by atoms with Crippen LogP contribution in [0.2, 0.25) is 0 Å². The third-order valence-electron chi connectivity index (χ3n) is 3.97. The fourth-order valence-electron chi connectivity index (χ4n) is 2.52.